The average Bonchev–Trinajstić information content (AvgIpc) is 2.58. The highest BCUT2D eigenvalue weighted by molar-refractivity contribution is 6.33. The first-order valence-corrected chi connectivity index (χ1v) is 8.11. The molecule has 1 aromatic carbocycles. The number of phenolic OH excluding ortho intramolecular Hbond substituents is 1. The SMILES string of the molecule is CCC(C)N(Cc1cccnc1)Cc1ccc(OC)c(O)c1Cl. The van der Waals surface area contributed by atoms with Gasteiger partial charge in [-0.1, -0.05) is 30.7 Å². The van der Waals surface area contributed by atoms with Gasteiger partial charge >= 0.3 is 0 Å². The van der Waals surface area contributed by atoms with Crippen molar-refractivity contribution >= 4 is 11.6 Å². The second-order valence-electron chi connectivity index (χ2n) is 5.61. The third-order valence-corrected chi connectivity index (χ3v) is 4.50. The summed E-state index contributed by atoms with van der Waals surface area (Å²) in [4.78, 5) is 6.50. The Morgan fingerprint density at radius 3 is 2.70 bits per heavy atom. The number of methoxy groups -OCH3 is 1. The number of aromatic hydroxyl groups is 1. The predicted octanol–water partition coefficient (Wildman–Crippen LogP) is 4.25. The van der Waals surface area contributed by atoms with E-state index in [0.29, 0.717) is 23.4 Å². The van der Waals surface area contributed by atoms with Gasteiger partial charge in [0.2, 0.25) is 0 Å². The molecule has 0 saturated carbocycles. The maximum atomic E-state index is 10.1. The first kappa shape index (κ1) is 17.6. The quantitative estimate of drug-likeness (QED) is 0.822. The van der Waals surface area contributed by atoms with E-state index in [1.807, 2.05) is 18.3 Å². The number of nitrogens with zero attached hydrogens (tertiary/aromatic N) is 2. The van der Waals surface area contributed by atoms with E-state index in [1.165, 1.54) is 7.11 Å². The Hall–Kier alpha value is -1.78. The summed E-state index contributed by atoms with van der Waals surface area (Å²) < 4.78 is 5.09. The highest BCUT2D eigenvalue weighted by Crippen LogP contribution is 2.37. The van der Waals surface area contributed by atoms with Gasteiger partial charge < -0.3 is 9.84 Å². The third-order valence-electron chi connectivity index (χ3n) is 4.08. The lowest BCUT2D eigenvalue weighted by Crippen LogP contribution is -2.31. The number of hydrogen-bond donors (Lipinski definition) is 1. The van der Waals surface area contributed by atoms with Crippen molar-refractivity contribution in [2.24, 2.45) is 0 Å². The molecule has 0 amide bonds. The molecule has 2 rings (SSSR count). The fraction of sp³-hybridized carbons (Fsp3) is 0.389. The number of phenols is 1. The summed E-state index contributed by atoms with van der Waals surface area (Å²) in [6, 6.07) is 8.04. The zero-order valence-corrected chi connectivity index (χ0v) is 14.5. The molecule has 0 bridgehead atoms. The topological polar surface area (TPSA) is 45.6 Å². The molecule has 1 N–H and O–H groups in total. The number of ether oxygens (including phenoxy) is 1. The minimum absolute atomic E-state index is 0.00264. The largest absolute Gasteiger partial charge is 0.503 e. The zero-order chi connectivity index (χ0) is 16.8. The van der Waals surface area contributed by atoms with Crippen LogP contribution in [0.2, 0.25) is 5.02 Å². The molecule has 0 spiro atoms. The molecule has 0 saturated heterocycles. The van der Waals surface area contributed by atoms with Crippen molar-refractivity contribution in [2.75, 3.05) is 7.11 Å². The van der Waals surface area contributed by atoms with Gasteiger partial charge in [0, 0.05) is 31.5 Å². The molecule has 0 aliphatic rings. The monoisotopic (exact) mass is 334 g/mol. The van der Waals surface area contributed by atoms with Crippen LogP contribution in [0.5, 0.6) is 11.5 Å². The van der Waals surface area contributed by atoms with Crippen molar-refractivity contribution in [1.29, 1.82) is 0 Å². The van der Waals surface area contributed by atoms with Crippen molar-refractivity contribution in [2.45, 2.75) is 39.4 Å². The Morgan fingerprint density at radius 1 is 1.30 bits per heavy atom. The van der Waals surface area contributed by atoms with Gasteiger partial charge in [-0.25, -0.2) is 0 Å². The van der Waals surface area contributed by atoms with Crippen LogP contribution in [0, 0.1) is 0 Å². The summed E-state index contributed by atoms with van der Waals surface area (Å²) >= 11 is 6.30. The van der Waals surface area contributed by atoms with Crippen LogP contribution < -0.4 is 4.74 Å². The predicted molar refractivity (Wildman–Crippen MR) is 92.9 cm³/mol. The van der Waals surface area contributed by atoms with E-state index in [4.69, 9.17) is 16.3 Å². The smallest absolute Gasteiger partial charge is 0.177 e. The molecule has 0 fully saturated rings. The Labute approximate surface area is 142 Å². The molecule has 1 heterocycles. The van der Waals surface area contributed by atoms with E-state index in [-0.39, 0.29) is 5.75 Å². The molecular formula is C18H23ClN2O2. The molecule has 0 aliphatic carbocycles. The molecule has 2 aromatic rings. The molecule has 1 aromatic heterocycles. The number of hydrogen-bond acceptors (Lipinski definition) is 4. The van der Waals surface area contributed by atoms with Crippen LogP contribution in [0.15, 0.2) is 36.7 Å². The summed E-state index contributed by atoms with van der Waals surface area (Å²) in [5, 5.41) is 10.4. The number of rotatable bonds is 7. The van der Waals surface area contributed by atoms with E-state index < -0.39 is 0 Å². The van der Waals surface area contributed by atoms with E-state index in [9.17, 15) is 5.11 Å². The van der Waals surface area contributed by atoms with Crippen molar-refractivity contribution in [3.05, 3.63) is 52.8 Å². The molecule has 1 unspecified atom stereocenters. The van der Waals surface area contributed by atoms with Crippen LogP contribution in [-0.4, -0.2) is 28.1 Å². The van der Waals surface area contributed by atoms with Gasteiger partial charge in [0.1, 0.15) is 0 Å². The van der Waals surface area contributed by atoms with Crippen molar-refractivity contribution in [1.82, 2.24) is 9.88 Å². The van der Waals surface area contributed by atoms with Gasteiger partial charge in [0.25, 0.3) is 0 Å². The lowest BCUT2D eigenvalue weighted by Gasteiger charge is -2.29. The lowest BCUT2D eigenvalue weighted by atomic mass is 10.1. The number of halogens is 1. The molecule has 0 radical (unpaired) electrons. The van der Waals surface area contributed by atoms with Crippen molar-refractivity contribution < 1.29 is 9.84 Å². The number of benzene rings is 1. The molecule has 23 heavy (non-hydrogen) atoms. The van der Waals surface area contributed by atoms with Crippen LogP contribution in [-0.2, 0) is 13.1 Å². The van der Waals surface area contributed by atoms with E-state index in [2.05, 4.69) is 29.8 Å². The molecular weight excluding hydrogens is 312 g/mol. The summed E-state index contributed by atoms with van der Waals surface area (Å²) in [5.41, 5.74) is 2.04. The van der Waals surface area contributed by atoms with Crippen LogP contribution in [0.3, 0.4) is 0 Å². The Kier molecular flexibility index (Phi) is 6.25. The van der Waals surface area contributed by atoms with Crippen molar-refractivity contribution in [3.8, 4) is 11.5 Å². The summed E-state index contributed by atoms with van der Waals surface area (Å²) in [7, 11) is 1.51. The van der Waals surface area contributed by atoms with Crippen molar-refractivity contribution in [3.63, 3.8) is 0 Å². The molecule has 124 valence electrons. The van der Waals surface area contributed by atoms with Crippen LogP contribution in [0.25, 0.3) is 0 Å². The Balaban J connectivity index is 2.23. The van der Waals surface area contributed by atoms with Crippen LogP contribution in [0.1, 0.15) is 31.4 Å². The molecule has 4 nitrogen and oxygen atoms in total. The minimum Gasteiger partial charge on any atom is -0.503 e. The normalized spacial score (nSPS) is 12.4. The fourth-order valence-electron chi connectivity index (χ4n) is 2.45. The average molecular weight is 335 g/mol. The second kappa shape index (κ2) is 8.18. The third kappa shape index (κ3) is 4.36. The maximum absolute atomic E-state index is 10.1. The summed E-state index contributed by atoms with van der Waals surface area (Å²) in [6.45, 7) is 5.79. The Morgan fingerprint density at radius 2 is 2.09 bits per heavy atom. The van der Waals surface area contributed by atoms with Gasteiger partial charge in [-0.05, 0) is 36.6 Å². The van der Waals surface area contributed by atoms with Gasteiger partial charge in [-0.15, -0.1) is 0 Å². The number of pyridine rings is 1. The Bertz CT molecular complexity index is 634. The summed E-state index contributed by atoms with van der Waals surface area (Å²) in [6.07, 6.45) is 4.68. The first-order valence-electron chi connectivity index (χ1n) is 7.74. The lowest BCUT2D eigenvalue weighted by molar-refractivity contribution is 0.185. The summed E-state index contributed by atoms with van der Waals surface area (Å²) in [5.74, 6) is 0.387. The standard InChI is InChI=1S/C18H23ClN2O2/c1-4-13(2)21(11-14-6-5-9-20-10-14)12-15-7-8-16(23-3)18(22)17(15)19/h5-10,13,22H,4,11-12H2,1-3H3. The second-order valence-corrected chi connectivity index (χ2v) is 5.99. The van der Waals surface area contributed by atoms with Gasteiger partial charge in [0.15, 0.2) is 11.5 Å². The van der Waals surface area contributed by atoms with E-state index in [1.54, 1.807) is 12.3 Å². The molecule has 5 heteroatoms. The fourth-order valence-corrected chi connectivity index (χ4v) is 2.66. The zero-order valence-electron chi connectivity index (χ0n) is 13.8. The highest BCUT2D eigenvalue weighted by atomic mass is 35.5. The minimum atomic E-state index is -0.00264. The van der Waals surface area contributed by atoms with Crippen LogP contribution in [0.4, 0.5) is 0 Å². The number of aromatic nitrogens is 1. The van der Waals surface area contributed by atoms with Gasteiger partial charge in [0.05, 0.1) is 12.1 Å². The highest BCUT2D eigenvalue weighted by Gasteiger charge is 2.18. The van der Waals surface area contributed by atoms with E-state index >= 15 is 0 Å². The van der Waals surface area contributed by atoms with Gasteiger partial charge in [-0.2, -0.15) is 0 Å². The molecule has 1 atom stereocenters. The van der Waals surface area contributed by atoms with Crippen LogP contribution >= 0.6 is 11.6 Å². The molecule has 0 aliphatic heterocycles. The first-order chi connectivity index (χ1) is 11.1. The maximum Gasteiger partial charge on any atom is 0.177 e. The van der Waals surface area contributed by atoms with E-state index in [0.717, 1.165) is 24.1 Å². The van der Waals surface area contributed by atoms with Gasteiger partial charge in [-0.3, -0.25) is 9.88 Å².